The van der Waals surface area contributed by atoms with Crippen LogP contribution in [-0.4, -0.2) is 35.7 Å². The number of pyridine rings is 1. The molecule has 0 aliphatic carbocycles. The van der Waals surface area contributed by atoms with Gasteiger partial charge < -0.3 is 10.4 Å². The molecular weight excluding hydrogens is 268 g/mol. The van der Waals surface area contributed by atoms with Gasteiger partial charge in [0.2, 0.25) is 0 Å². The molecule has 0 unspecified atom stereocenters. The first kappa shape index (κ1) is 13.4. The van der Waals surface area contributed by atoms with E-state index in [0.29, 0.717) is 5.82 Å². The summed E-state index contributed by atoms with van der Waals surface area (Å²) >= 11 is 0. The number of aromatic carboxylic acids is 1. The van der Waals surface area contributed by atoms with E-state index in [1.54, 1.807) is 7.05 Å². The molecule has 2 aromatic rings. The third-order valence-corrected chi connectivity index (χ3v) is 2.38. The van der Waals surface area contributed by atoms with Crippen molar-refractivity contribution in [1.82, 2.24) is 19.7 Å². The van der Waals surface area contributed by atoms with Gasteiger partial charge in [0.1, 0.15) is 23.9 Å². The van der Waals surface area contributed by atoms with Crippen molar-refractivity contribution in [3.63, 3.8) is 0 Å². The monoisotopic (exact) mass is 278 g/mol. The Morgan fingerprint density at radius 1 is 1.55 bits per heavy atom. The average Bonchev–Trinajstić information content (AvgIpc) is 2.81. The fourth-order valence-corrected chi connectivity index (χ4v) is 1.50. The second-order valence-corrected chi connectivity index (χ2v) is 3.84. The van der Waals surface area contributed by atoms with Gasteiger partial charge in [0.05, 0.1) is 11.5 Å². The van der Waals surface area contributed by atoms with Gasteiger partial charge in [-0.3, -0.25) is 14.8 Å². The van der Waals surface area contributed by atoms with E-state index >= 15 is 0 Å². The van der Waals surface area contributed by atoms with Gasteiger partial charge >= 0.3 is 11.7 Å². The lowest BCUT2D eigenvalue weighted by molar-refractivity contribution is -0.385. The number of carboxylic acid groups (broad SMARTS) is 1. The first-order valence-corrected chi connectivity index (χ1v) is 5.43. The number of carbonyl (C=O) groups is 1. The minimum absolute atomic E-state index is 0.195. The number of rotatable bonds is 5. The molecule has 0 amide bonds. The van der Waals surface area contributed by atoms with Crippen molar-refractivity contribution in [2.75, 3.05) is 5.32 Å². The second-order valence-electron chi connectivity index (χ2n) is 3.84. The molecule has 10 nitrogen and oxygen atoms in total. The van der Waals surface area contributed by atoms with E-state index in [-0.39, 0.29) is 12.4 Å². The number of nitro groups is 1. The van der Waals surface area contributed by atoms with Crippen LogP contribution in [-0.2, 0) is 13.6 Å². The van der Waals surface area contributed by atoms with Crippen LogP contribution in [0.5, 0.6) is 0 Å². The van der Waals surface area contributed by atoms with Gasteiger partial charge in [-0.25, -0.2) is 14.8 Å². The Labute approximate surface area is 112 Å². The molecule has 10 heteroatoms. The Hall–Kier alpha value is -3.04. The maximum absolute atomic E-state index is 11.0. The Bertz CT molecular complexity index is 668. The van der Waals surface area contributed by atoms with Crippen molar-refractivity contribution in [3.05, 3.63) is 40.1 Å². The molecule has 2 aromatic heterocycles. The van der Waals surface area contributed by atoms with Crippen LogP contribution in [0, 0.1) is 10.1 Å². The standard InChI is InChI=1S/C10H10N6O4/c1-15-5-13-9(14-15)4-12-8-2-6(10(17)18)7(3-11-8)16(19)20/h2-3,5H,4H2,1H3,(H,11,12)(H,17,18). The van der Waals surface area contributed by atoms with Crippen LogP contribution in [0.15, 0.2) is 18.6 Å². The smallest absolute Gasteiger partial charge is 0.342 e. The van der Waals surface area contributed by atoms with E-state index in [1.165, 1.54) is 11.0 Å². The number of hydrogen-bond acceptors (Lipinski definition) is 7. The Morgan fingerprint density at radius 2 is 2.30 bits per heavy atom. The molecule has 0 saturated heterocycles. The minimum Gasteiger partial charge on any atom is -0.477 e. The van der Waals surface area contributed by atoms with Crippen molar-refractivity contribution >= 4 is 17.5 Å². The Morgan fingerprint density at radius 3 is 2.85 bits per heavy atom. The quantitative estimate of drug-likeness (QED) is 0.593. The SMILES string of the molecule is Cn1cnc(CNc2cc(C(=O)O)c([N+](=O)[O-])cn2)n1. The largest absolute Gasteiger partial charge is 0.477 e. The lowest BCUT2D eigenvalue weighted by atomic mass is 10.2. The Kier molecular flexibility index (Phi) is 3.55. The van der Waals surface area contributed by atoms with Crippen LogP contribution in [0.3, 0.4) is 0 Å². The molecule has 0 fully saturated rings. The van der Waals surface area contributed by atoms with Crippen LogP contribution in [0.2, 0.25) is 0 Å². The average molecular weight is 278 g/mol. The molecular formula is C10H10N6O4. The molecule has 0 spiro atoms. The zero-order valence-electron chi connectivity index (χ0n) is 10.3. The minimum atomic E-state index is -1.39. The first-order chi connectivity index (χ1) is 9.47. The molecule has 0 aromatic carbocycles. The summed E-state index contributed by atoms with van der Waals surface area (Å²) in [6, 6.07) is 1.10. The van der Waals surface area contributed by atoms with Crippen LogP contribution in [0.1, 0.15) is 16.2 Å². The number of hydrogen-bond donors (Lipinski definition) is 2. The molecule has 0 aliphatic rings. The predicted molar refractivity (Wildman–Crippen MR) is 66.2 cm³/mol. The summed E-state index contributed by atoms with van der Waals surface area (Å²) in [6.45, 7) is 0.227. The summed E-state index contributed by atoms with van der Waals surface area (Å²) in [4.78, 5) is 28.6. The van der Waals surface area contributed by atoms with E-state index in [1.807, 2.05) is 0 Å². The third kappa shape index (κ3) is 2.85. The molecule has 20 heavy (non-hydrogen) atoms. The second kappa shape index (κ2) is 5.30. The summed E-state index contributed by atoms with van der Waals surface area (Å²) in [6.07, 6.45) is 2.42. The number of nitrogens with zero attached hydrogens (tertiary/aromatic N) is 5. The van der Waals surface area contributed by atoms with Crippen molar-refractivity contribution in [2.24, 2.45) is 7.05 Å². The van der Waals surface area contributed by atoms with E-state index in [2.05, 4.69) is 20.4 Å². The van der Waals surface area contributed by atoms with Gasteiger partial charge in [-0.05, 0) is 0 Å². The predicted octanol–water partition coefficient (Wildman–Crippen LogP) is 0.429. The van der Waals surface area contributed by atoms with Crippen molar-refractivity contribution < 1.29 is 14.8 Å². The van der Waals surface area contributed by atoms with Crippen LogP contribution >= 0.6 is 0 Å². The maximum atomic E-state index is 11.0. The summed E-state index contributed by atoms with van der Waals surface area (Å²) < 4.78 is 1.52. The fraction of sp³-hybridized carbons (Fsp3) is 0.200. The van der Waals surface area contributed by atoms with Crippen molar-refractivity contribution in [2.45, 2.75) is 6.54 Å². The molecule has 0 atom stereocenters. The lowest BCUT2D eigenvalue weighted by Crippen LogP contribution is -2.08. The van der Waals surface area contributed by atoms with Crippen molar-refractivity contribution in [1.29, 1.82) is 0 Å². The van der Waals surface area contributed by atoms with Gasteiger partial charge in [-0.15, -0.1) is 0 Å². The maximum Gasteiger partial charge on any atom is 0.342 e. The molecule has 0 saturated carbocycles. The zero-order valence-corrected chi connectivity index (χ0v) is 10.3. The highest BCUT2D eigenvalue weighted by Crippen LogP contribution is 2.20. The number of aromatic nitrogens is 4. The van der Waals surface area contributed by atoms with Crippen LogP contribution < -0.4 is 5.32 Å². The highest BCUT2D eigenvalue weighted by molar-refractivity contribution is 5.93. The highest BCUT2D eigenvalue weighted by atomic mass is 16.6. The normalized spacial score (nSPS) is 10.2. The van der Waals surface area contributed by atoms with Gasteiger partial charge in [-0.1, -0.05) is 0 Å². The highest BCUT2D eigenvalue weighted by Gasteiger charge is 2.21. The Balaban J connectivity index is 2.18. The lowest BCUT2D eigenvalue weighted by Gasteiger charge is -2.04. The summed E-state index contributed by atoms with van der Waals surface area (Å²) in [7, 11) is 1.71. The molecule has 0 bridgehead atoms. The summed E-state index contributed by atoms with van der Waals surface area (Å²) in [5.41, 5.74) is -0.986. The zero-order chi connectivity index (χ0) is 14.7. The number of nitrogens with one attached hydrogen (secondary N) is 1. The van der Waals surface area contributed by atoms with E-state index < -0.39 is 22.1 Å². The first-order valence-electron chi connectivity index (χ1n) is 5.43. The molecule has 0 radical (unpaired) electrons. The number of aryl methyl sites for hydroxylation is 1. The van der Waals surface area contributed by atoms with Gasteiger partial charge in [0.25, 0.3) is 0 Å². The number of carboxylic acids is 1. The summed E-state index contributed by atoms with van der Waals surface area (Å²) in [5, 5.41) is 26.4. The molecule has 2 N–H and O–H groups in total. The summed E-state index contributed by atoms with van der Waals surface area (Å²) in [5.74, 6) is -0.705. The molecule has 2 heterocycles. The molecule has 2 rings (SSSR count). The van der Waals surface area contributed by atoms with Gasteiger partial charge in [0.15, 0.2) is 5.82 Å². The van der Waals surface area contributed by atoms with E-state index in [0.717, 1.165) is 12.3 Å². The topological polar surface area (TPSA) is 136 Å². The molecule has 0 aliphatic heterocycles. The van der Waals surface area contributed by atoms with Crippen molar-refractivity contribution in [3.8, 4) is 0 Å². The van der Waals surface area contributed by atoms with Gasteiger partial charge in [-0.2, -0.15) is 5.10 Å². The van der Waals surface area contributed by atoms with E-state index in [9.17, 15) is 14.9 Å². The molecule has 104 valence electrons. The van der Waals surface area contributed by atoms with Crippen LogP contribution in [0.25, 0.3) is 0 Å². The third-order valence-electron chi connectivity index (χ3n) is 2.38. The van der Waals surface area contributed by atoms with E-state index in [4.69, 9.17) is 5.11 Å². The van der Waals surface area contributed by atoms with Gasteiger partial charge in [0, 0.05) is 13.1 Å². The van der Waals surface area contributed by atoms with Crippen LogP contribution in [0.4, 0.5) is 11.5 Å². The number of anilines is 1. The fourth-order valence-electron chi connectivity index (χ4n) is 1.50.